The summed E-state index contributed by atoms with van der Waals surface area (Å²) in [7, 11) is 0. The number of hydrogen-bond acceptors (Lipinski definition) is 2. The Bertz CT molecular complexity index is 839. The van der Waals surface area contributed by atoms with Gasteiger partial charge in [-0.25, -0.2) is 0 Å². The van der Waals surface area contributed by atoms with Crippen LogP contribution in [0, 0.1) is 0 Å². The summed E-state index contributed by atoms with van der Waals surface area (Å²) in [4.78, 5) is 3.14. The van der Waals surface area contributed by atoms with Crippen molar-refractivity contribution in [3.05, 3.63) is 54.9 Å². The lowest BCUT2D eigenvalue weighted by Gasteiger charge is -2.47. The third-order valence-electron chi connectivity index (χ3n) is 5.03. The summed E-state index contributed by atoms with van der Waals surface area (Å²) in [5.74, 6) is 1.33. The van der Waals surface area contributed by atoms with Gasteiger partial charge in [0.2, 0.25) is 0 Å². The topological polar surface area (TPSA) is 3.24 Å². The number of fused-ring (bicyclic) bond motifs is 1. The fourth-order valence-electron chi connectivity index (χ4n) is 3.82. The monoisotopic (exact) mass is 481 g/mol. The highest BCUT2D eigenvalue weighted by Crippen LogP contribution is 2.48. The summed E-state index contributed by atoms with van der Waals surface area (Å²) in [6.45, 7) is 7.73. The first kappa shape index (κ1) is 21.7. The molecule has 2 aromatic rings. The van der Waals surface area contributed by atoms with Crippen LogP contribution in [0.3, 0.4) is 0 Å². The van der Waals surface area contributed by atoms with Gasteiger partial charge in [-0.2, -0.15) is 0 Å². The number of hydrogen-bond donors (Lipinski definition) is 0. The number of thioether (sulfide) groups is 1. The molecule has 1 unspecified atom stereocenters. The molecule has 0 saturated heterocycles. The molecule has 146 valence electrons. The van der Waals surface area contributed by atoms with E-state index < -0.39 is 0 Å². The van der Waals surface area contributed by atoms with Gasteiger partial charge < -0.3 is 4.90 Å². The number of halogens is 5. The molecular weight excluding hydrogens is 464 g/mol. The Labute approximate surface area is 190 Å². The molecule has 3 rings (SSSR count). The van der Waals surface area contributed by atoms with Gasteiger partial charge in [-0.1, -0.05) is 83.1 Å². The molecule has 1 aliphatic heterocycles. The van der Waals surface area contributed by atoms with E-state index in [9.17, 15) is 0 Å². The molecule has 1 atom stereocenters. The Balaban J connectivity index is 1.83. The zero-order chi connectivity index (χ0) is 19.9. The van der Waals surface area contributed by atoms with E-state index in [1.54, 1.807) is 11.8 Å². The maximum absolute atomic E-state index is 6.36. The minimum absolute atomic E-state index is 0.0667. The van der Waals surface area contributed by atoms with Crippen molar-refractivity contribution in [2.45, 2.75) is 43.5 Å². The van der Waals surface area contributed by atoms with Crippen LogP contribution >= 0.6 is 69.8 Å². The number of nitrogens with zero attached hydrogens (tertiary/aromatic N) is 1. The summed E-state index contributed by atoms with van der Waals surface area (Å²) in [6, 6.07) is 8.63. The van der Waals surface area contributed by atoms with Gasteiger partial charge in [-0.3, -0.25) is 0 Å². The molecule has 1 heterocycles. The summed E-state index contributed by atoms with van der Waals surface area (Å²) >= 11 is 32.7. The van der Waals surface area contributed by atoms with Crippen LogP contribution in [-0.4, -0.2) is 17.8 Å². The fourth-order valence-corrected chi connectivity index (χ4v) is 6.33. The standard InChI is InChI=1S/C20H20Cl5NS/c1-11-10-20(2,3)26(13-7-5-4-6-12(11)13)8-9-27-19-17(24)15(22)14(21)16(23)18(19)25/h4-7,11H,8-10H2,1-3H3. The molecule has 0 aliphatic carbocycles. The van der Waals surface area contributed by atoms with E-state index >= 15 is 0 Å². The Morgan fingerprint density at radius 1 is 0.963 bits per heavy atom. The minimum Gasteiger partial charge on any atom is -0.365 e. The van der Waals surface area contributed by atoms with Crippen molar-refractivity contribution in [1.29, 1.82) is 0 Å². The normalized spacial score (nSPS) is 18.5. The molecule has 0 amide bonds. The van der Waals surface area contributed by atoms with E-state index in [4.69, 9.17) is 58.0 Å². The SMILES string of the molecule is CC1CC(C)(C)N(CCSc2c(Cl)c(Cl)c(Cl)c(Cl)c2Cl)c2ccccc21. The maximum atomic E-state index is 6.36. The average molecular weight is 484 g/mol. The lowest BCUT2D eigenvalue weighted by Crippen LogP contribution is -2.49. The summed E-state index contributed by atoms with van der Waals surface area (Å²) in [6.07, 6.45) is 1.11. The first-order chi connectivity index (χ1) is 12.6. The van der Waals surface area contributed by atoms with Crippen molar-refractivity contribution >= 4 is 75.5 Å². The molecule has 0 radical (unpaired) electrons. The van der Waals surface area contributed by atoms with Gasteiger partial charge in [0.05, 0.1) is 25.1 Å². The molecule has 0 N–H and O–H groups in total. The Morgan fingerprint density at radius 2 is 1.52 bits per heavy atom. The van der Waals surface area contributed by atoms with Crippen LogP contribution in [0.2, 0.25) is 25.1 Å². The fraction of sp³-hybridized carbons (Fsp3) is 0.400. The zero-order valence-electron chi connectivity index (χ0n) is 15.3. The highest BCUT2D eigenvalue weighted by atomic mass is 35.5. The molecule has 1 aliphatic rings. The largest absolute Gasteiger partial charge is 0.365 e. The molecule has 0 bridgehead atoms. The third-order valence-corrected chi connectivity index (χ3v) is 8.61. The van der Waals surface area contributed by atoms with Crippen molar-refractivity contribution in [2.24, 2.45) is 0 Å². The average Bonchev–Trinajstić information content (AvgIpc) is 2.63. The lowest BCUT2D eigenvalue weighted by atomic mass is 9.80. The van der Waals surface area contributed by atoms with Crippen LogP contribution in [0.4, 0.5) is 5.69 Å². The van der Waals surface area contributed by atoms with Crippen LogP contribution in [-0.2, 0) is 0 Å². The zero-order valence-corrected chi connectivity index (χ0v) is 19.8. The molecular formula is C20H20Cl5NS. The van der Waals surface area contributed by atoms with E-state index in [1.807, 2.05) is 0 Å². The second-order valence-corrected chi connectivity index (χ2v) is 10.4. The summed E-state index contributed by atoms with van der Waals surface area (Å²) < 4.78 is 0. The van der Waals surface area contributed by atoms with Gasteiger partial charge in [0, 0.05) is 28.4 Å². The summed E-state index contributed by atoms with van der Waals surface area (Å²) in [5.41, 5.74) is 2.76. The van der Waals surface area contributed by atoms with Crippen LogP contribution in [0.5, 0.6) is 0 Å². The minimum atomic E-state index is 0.0667. The first-order valence-corrected chi connectivity index (χ1v) is 11.5. The van der Waals surface area contributed by atoms with Crippen LogP contribution in [0.15, 0.2) is 29.2 Å². The van der Waals surface area contributed by atoms with Crippen LogP contribution < -0.4 is 4.90 Å². The second kappa shape index (κ2) is 8.42. The van der Waals surface area contributed by atoms with Crippen molar-refractivity contribution in [2.75, 3.05) is 17.2 Å². The van der Waals surface area contributed by atoms with Gasteiger partial charge in [0.15, 0.2) is 0 Å². The van der Waals surface area contributed by atoms with Gasteiger partial charge >= 0.3 is 0 Å². The molecule has 0 fully saturated rings. The second-order valence-electron chi connectivity index (χ2n) is 7.38. The molecule has 0 aromatic heterocycles. The van der Waals surface area contributed by atoms with Crippen molar-refractivity contribution in [1.82, 2.24) is 0 Å². The number of anilines is 1. The molecule has 2 aromatic carbocycles. The van der Waals surface area contributed by atoms with Gasteiger partial charge in [-0.05, 0) is 37.8 Å². The third kappa shape index (κ3) is 4.17. The van der Waals surface area contributed by atoms with E-state index in [1.165, 1.54) is 11.3 Å². The van der Waals surface area contributed by atoms with E-state index in [2.05, 4.69) is 49.9 Å². The van der Waals surface area contributed by atoms with Crippen LogP contribution in [0.1, 0.15) is 38.7 Å². The van der Waals surface area contributed by atoms with Gasteiger partial charge in [-0.15, -0.1) is 11.8 Å². The van der Waals surface area contributed by atoms with E-state index in [0.29, 0.717) is 20.9 Å². The van der Waals surface area contributed by atoms with E-state index in [-0.39, 0.29) is 20.6 Å². The van der Waals surface area contributed by atoms with Crippen molar-refractivity contribution < 1.29 is 0 Å². The highest BCUT2D eigenvalue weighted by Gasteiger charge is 2.35. The smallest absolute Gasteiger partial charge is 0.0809 e. The molecule has 1 nitrogen and oxygen atoms in total. The van der Waals surface area contributed by atoms with Crippen molar-refractivity contribution in [3.8, 4) is 0 Å². The lowest BCUT2D eigenvalue weighted by molar-refractivity contribution is 0.382. The Hall–Kier alpha value is 0.0400. The molecule has 7 heteroatoms. The number of rotatable bonds is 4. The molecule has 0 saturated carbocycles. The quantitative estimate of drug-likeness (QED) is 0.243. The van der Waals surface area contributed by atoms with E-state index in [0.717, 1.165) is 18.7 Å². The Morgan fingerprint density at radius 3 is 2.15 bits per heavy atom. The van der Waals surface area contributed by atoms with Gasteiger partial charge in [0.25, 0.3) is 0 Å². The van der Waals surface area contributed by atoms with Gasteiger partial charge in [0.1, 0.15) is 0 Å². The Kier molecular flexibility index (Phi) is 6.78. The molecule has 27 heavy (non-hydrogen) atoms. The number of para-hydroxylation sites is 1. The summed E-state index contributed by atoms with van der Waals surface area (Å²) in [5, 5.41) is 1.39. The maximum Gasteiger partial charge on any atom is 0.0809 e. The van der Waals surface area contributed by atoms with Crippen molar-refractivity contribution in [3.63, 3.8) is 0 Å². The predicted octanol–water partition coefficient (Wildman–Crippen LogP) is 8.84. The van der Waals surface area contributed by atoms with Crippen LogP contribution in [0.25, 0.3) is 0 Å². The number of benzene rings is 2. The first-order valence-electron chi connectivity index (χ1n) is 8.66. The highest BCUT2D eigenvalue weighted by molar-refractivity contribution is 7.99. The molecule has 0 spiro atoms. The predicted molar refractivity (Wildman–Crippen MR) is 123 cm³/mol.